The Bertz CT molecular complexity index is 439. The molecule has 0 aliphatic rings. The molecule has 0 spiro atoms. The molecule has 114 valence electrons. The van der Waals surface area contributed by atoms with Crippen molar-refractivity contribution in [1.82, 2.24) is 10.2 Å². The first-order chi connectivity index (χ1) is 9.25. The average molecular weight is 338 g/mol. The molecule has 1 aromatic carbocycles. The SMILES string of the molecule is CC(NCC(C(C)C)N(C)C)c1ccc(Cl)c(Cl)c1Cl. The molecule has 0 aliphatic heterocycles. The van der Waals surface area contributed by atoms with Crippen LogP contribution in [-0.2, 0) is 0 Å². The van der Waals surface area contributed by atoms with Gasteiger partial charge in [0.15, 0.2) is 0 Å². The molecule has 2 nitrogen and oxygen atoms in total. The highest BCUT2D eigenvalue weighted by molar-refractivity contribution is 6.48. The van der Waals surface area contributed by atoms with Gasteiger partial charge in [0.05, 0.1) is 15.1 Å². The third kappa shape index (κ3) is 4.51. The van der Waals surface area contributed by atoms with Gasteiger partial charge in [0.1, 0.15) is 0 Å². The van der Waals surface area contributed by atoms with E-state index in [0.717, 1.165) is 12.1 Å². The molecule has 0 bridgehead atoms. The summed E-state index contributed by atoms with van der Waals surface area (Å²) in [6.07, 6.45) is 0. The van der Waals surface area contributed by atoms with Crippen LogP contribution in [0, 0.1) is 5.92 Å². The molecule has 0 radical (unpaired) electrons. The summed E-state index contributed by atoms with van der Waals surface area (Å²) in [5.41, 5.74) is 0.974. The topological polar surface area (TPSA) is 15.3 Å². The summed E-state index contributed by atoms with van der Waals surface area (Å²) in [6.45, 7) is 7.42. The fourth-order valence-corrected chi connectivity index (χ4v) is 3.00. The van der Waals surface area contributed by atoms with Crippen molar-refractivity contribution in [3.05, 3.63) is 32.8 Å². The van der Waals surface area contributed by atoms with Gasteiger partial charge in [-0.1, -0.05) is 54.7 Å². The van der Waals surface area contributed by atoms with Gasteiger partial charge in [0, 0.05) is 18.6 Å². The molecule has 0 aliphatic carbocycles. The minimum Gasteiger partial charge on any atom is -0.309 e. The first-order valence-corrected chi connectivity index (χ1v) is 7.92. The molecule has 2 unspecified atom stereocenters. The lowest BCUT2D eigenvalue weighted by molar-refractivity contribution is 0.220. The number of hydrogen-bond donors (Lipinski definition) is 1. The Labute approximate surface area is 137 Å². The number of benzene rings is 1. The van der Waals surface area contributed by atoms with E-state index in [1.54, 1.807) is 6.07 Å². The van der Waals surface area contributed by atoms with Crippen LogP contribution in [0.25, 0.3) is 0 Å². The summed E-state index contributed by atoms with van der Waals surface area (Å²) >= 11 is 18.3. The highest BCUT2D eigenvalue weighted by Crippen LogP contribution is 2.35. The molecule has 0 aromatic heterocycles. The van der Waals surface area contributed by atoms with Crippen LogP contribution in [-0.4, -0.2) is 31.6 Å². The van der Waals surface area contributed by atoms with Crippen LogP contribution >= 0.6 is 34.8 Å². The summed E-state index contributed by atoms with van der Waals surface area (Å²) in [5.74, 6) is 0.578. The number of rotatable bonds is 6. The zero-order valence-corrected chi connectivity index (χ0v) is 14.9. The number of hydrogen-bond acceptors (Lipinski definition) is 2. The van der Waals surface area contributed by atoms with Crippen LogP contribution in [0.2, 0.25) is 15.1 Å². The fraction of sp³-hybridized carbons (Fsp3) is 0.600. The summed E-state index contributed by atoms with van der Waals surface area (Å²) in [7, 11) is 4.20. The van der Waals surface area contributed by atoms with Crippen molar-refractivity contribution in [3.63, 3.8) is 0 Å². The van der Waals surface area contributed by atoms with Crippen molar-refractivity contribution >= 4 is 34.8 Å². The van der Waals surface area contributed by atoms with E-state index in [9.17, 15) is 0 Å². The molecule has 0 heterocycles. The maximum atomic E-state index is 6.27. The predicted octanol–water partition coefficient (Wildman–Crippen LogP) is 4.88. The summed E-state index contributed by atoms with van der Waals surface area (Å²) in [5, 5.41) is 4.96. The lowest BCUT2D eigenvalue weighted by Gasteiger charge is -2.30. The third-order valence-electron chi connectivity index (χ3n) is 3.60. The van der Waals surface area contributed by atoms with Crippen LogP contribution in [0.15, 0.2) is 12.1 Å². The predicted molar refractivity (Wildman–Crippen MR) is 90.2 cm³/mol. The first kappa shape index (κ1) is 18.1. The number of likely N-dealkylation sites (N-methyl/N-ethyl adjacent to an activating group) is 1. The normalized spacial score (nSPS) is 14.9. The molecule has 0 fully saturated rings. The van der Waals surface area contributed by atoms with E-state index in [4.69, 9.17) is 34.8 Å². The van der Waals surface area contributed by atoms with Crippen molar-refractivity contribution in [2.24, 2.45) is 5.92 Å². The number of nitrogens with zero attached hydrogens (tertiary/aromatic N) is 1. The molecule has 0 amide bonds. The maximum Gasteiger partial charge on any atom is 0.0781 e. The van der Waals surface area contributed by atoms with Gasteiger partial charge >= 0.3 is 0 Å². The molecule has 20 heavy (non-hydrogen) atoms. The molecule has 1 rings (SSSR count). The minimum absolute atomic E-state index is 0.124. The zero-order valence-electron chi connectivity index (χ0n) is 12.7. The standard InChI is InChI=1S/C15H23Cl3N2/c1-9(2)13(20(4)5)8-19-10(3)11-6-7-12(16)15(18)14(11)17/h6-7,9-10,13,19H,8H2,1-5H3. The maximum absolute atomic E-state index is 6.27. The van der Waals surface area contributed by atoms with Gasteiger partial charge < -0.3 is 10.2 Å². The van der Waals surface area contributed by atoms with Crippen molar-refractivity contribution in [1.29, 1.82) is 0 Å². The van der Waals surface area contributed by atoms with E-state index in [-0.39, 0.29) is 6.04 Å². The van der Waals surface area contributed by atoms with E-state index in [1.165, 1.54) is 0 Å². The Morgan fingerprint density at radius 3 is 2.15 bits per heavy atom. The van der Waals surface area contributed by atoms with Crippen LogP contribution in [0.4, 0.5) is 0 Å². The van der Waals surface area contributed by atoms with E-state index < -0.39 is 0 Å². The molecule has 2 atom stereocenters. The van der Waals surface area contributed by atoms with Crippen LogP contribution < -0.4 is 5.32 Å². The Kier molecular flexibility index (Phi) is 7.10. The zero-order chi connectivity index (χ0) is 15.4. The van der Waals surface area contributed by atoms with Crippen molar-refractivity contribution in [2.75, 3.05) is 20.6 Å². The van der Waals surface area contributed by atoms with Gasteiger partial charge in [-0.3, -0.25) is 0 Å². The molecule has 1 aromatic rings. The Hall–Kier alpha value is 0.01000. The van der Waals surface area contributed by atoms with Crippen molar-refractivity contribution in [2.45, 2.75) is 32.9 Å². The molecule has 0 saturated carbocycles. The first-order valence-electron chi connectivity index (χ1n) is 6.78. The highest BCUT2D eigenvalue weighted by Gasteiger charge is 2.19. The molecule has 0 saturated heterocycles. The van der Waals surface area contributed by atoms with Gasteiger partial charge in [-0.2, -0.15) is 0 Å². The van der Waals surface area contributed by atoms with Crippen LogP contribution in [0.1, 0.15) is 32.4 Å². The lowest BCUT2D eigenvalue weighted by atomic mass is 10.0. The quantitative estimate of drug-likeness (QED) is 0.744. The number of halogens is 3. The largest absolute Gasteiger partial charge is 0.309 e. The lowest BCUT2D eigenvalue weighted by Crippen LogP contribution is -2.42. The smallest absolute Gasteiger partial charge is 0.0781 e. The third-order valence-corrected chi connectivity index (χ3v) is 4.91. The molecule has 5 heteroatoms. The van der Waals surface area contributed by atoms with E-state index >= 15 is 0 Å². The molecular weight excluding hydrogens is 315 g/mol. The van der Waals surface area contributed by atoms with Gasteiger partial charge in [0.25, 0.3) is 0 Å². The van der Waals surface area contributed by atoms with Gasteiger partial charge in [-0.25, -0.2) is 0 Å². The van der Waals surface area contributed by atoms with Gasteiger partial charge in [0.2, 0.25) is 0 Å². The van der Waals surface area contributed by atoms with Crippen molar-refractivity contribution in [3.8, 4) is 0 Å². The van der Waals surface area contributed by atoms with Crippen molar-refractivity contribution < 1.29 is 0 Å². The van der Waals surface area contributed by atoms with E-state index in [0.29, 0.717) is 27.0 Å². The summed E-state index contributed by atoms with van der Waals surface area (Å²) < 4.78 is 0. The van der Waals surface area contributed by atoms with Crippen LogP contribution in [0.3, 0.4) is 0 Å². The monoisotopic (exact) mass is 336 g/mol. The average Bonchev–Trinajstić information content (AvgIpc) is 2.35. The molecular formula is C15H23Cl3N2. The van der Waals surface area contributed by atoms with Gasteiger partial charge in [-0.05, 0) is 38.6 Å². The van der Waals surface area contributed by atoms with E-state index in [1.807, 2.05) is 6.07 Å². The van der Waals surface area contributed by atoms with E-state index in [2.05, 4.69) is 45.1 Å². The van der Waals surface area contributed by atoms with Crippen LogP contribution in [0.5, 0.6) is 0 Å². The summed E-state index contributed by atoms with van der Waals surface area (Å²) in [6, 6.07) is 4.31. The Morgan fingerprint density at radius 2 is 1.65 bits per heavy atom. The number of nitrogens with one attached hydrogen (secondary N) is 1. The second-order valence-electron chi connectivity index (χ2n) is 5.67. The second-order valence-corrected chi connectivity index (χ2v) is 6.83. The molecule has 1 N–H and O–H groups in total. The fourth-order valence-electron chi connectivity index (χ4n) is 2.30. The highest BCUT2D eigenvalue weighted by atomic mass is 35.5. The Morgan fingerprint density at radius 1 is 1.05 bits per heavy atom. The second kappa shape index (κ2) is 7.86. The Balaban J connectivity index is 2.77. The summed E-state index contributed by atoms with van der Waals surface area (Å²) in [4.78, 5) is 2.24. The van der Waals surface area contributed by atoms with Gasteiger partial charge in [-0.15, -0.1) is 0 Å². The minimum atomic E-state index is 0.124.